The Kier molecular flexibility index (Phi) is 12.9. The van der Waals surface area contributed by atoms with Crippen molar-refractivity contribution in [2.75, 3.05) is 0 Å². The van der Waals surface area contributed by atoms with E-state index in [9.17, 15) is 29.4 Å². The molecule has 0 spiro atoms. The monoisotopic (exact) mass is 980 g/mol. The molecule has 0 unspecified atom stereocenters. The van der Waals surface area contributed by atoms with Gasteiger partial charge in [-0.3, -0.25) is 19.2 Å². The number of ketones is 4. The minimum Gasteiger partial charge on any atom is -0.869 e. The van der Waals surface area contributed by atoms with Crippen LogP contribution in [0.5, 0.6) is 0 Å². The quantitative estimate of drug-likeness (QED) is 0.242. The van der Waals surface area contributed by atoms with Gasteiger partial charge in [-0.1, -0.05) is 24.3 Å². The lowest BCUT2D eigenvalue weighted by Gasteiger charge is -2.17. The van der Waals surface area contributed by atoms with E-state index < -0.39 is 55.1 Å². The molecule has 0 saturated heterocycles. The van der Waals surface area contributed by atoms with Crippen molar-refractivity contribution in [3.05, 3.63) is 139 Å². The lowest BCUT2D eigenvalue weighted by atomic mass is 10.1. The molecule has 0 aromatic carbocycles. The van der Waals surface area contributed by atoms with Crippen LogP contribution in [-0.4, -0.2) is 53.3 Å². The van der Waals surface area contributed by atoms with Crippen LogP contribution in [0.4, 0.5) is 0 Å². The van der Waals surface area contributed by atoms with Gasteiger partial charge in [0.15, 0.2) is 23.1 Å². The SMILES string of the molecule is O=C1C(O)=C(Br)C(=O)C([O-])=C1Br.O=C1C(O)=C(Br)C(=O)C([O-])=C1Br.c1ccc(-c2[nH+]c(-c3ccccn3)c(-c3ccccn3)[nH+]c2-c2ccccn2)nc1. The topological polar surface area (TPSA) is 235 Å². The molecule has 2 aliphatic rings. The molecule has 5 heterocycles. The summed E-state index contributed by atoms with van der Waals surface area (Å²) in [4.78, 5) is 68.9. The van der Waals surface area contributed by atoms with E-state index >= 15 is 0 Å². The summed E-state index contributed by atoms with van der Waals surface area (Å²) in [5, 5.41) is 39.7. The molecule has 0 aliphatic heterocycles. The maximum Gasteiger partial charge on any atom is 0.304 e. The van der Waals surface area contributed by atoms with Crippen molar-refractivity contribution in [1.29, 1.82) is 0 Å². The number of H-pyrrole nitrogens is 2. The Morgan fingerprint density at radius 2 is 0.685 bits per heavy atom. The molecule has 0 amide bonds. The molecule has 0 atom stereocenters. The first-order valence-electron chi connectivity index (χ1n) is 15.0. The summed E-state index contributed by atoms with van der Waals surface area (Å²) in [6.45, 7) is 0. The number of carbonyl (C=O) groups is 4. The number of aliphatic hydroxyl groups is 2. The number of aromatic amines is 2. The van der Waals surface area contributed by atoms with Gasteiger partial charge in [-0.05, 0) is 124 Å². The number of hydrogen-bond donors (Lipinski definition) is 2. The zero-order valence-electron chi connectivity index (χ0n) is 26.9. The van der Waals surface area contributed by atoms with Crippen LogP contribution < -0.4 is 20.2 Å². The lowest BCUT2D eigenvalue weighted by molar-refractivity contribution is -0.412. The summed E-state index contributed by atoms with van der Waals surface area (Å²) in [7, 11) is 0. The second-order valence-corrected chi connectivity index (χ2v) is 13.7. The Bertz CT molecular complexity index is 2040. The molecule has 7 rings (SSSR count). The maximum absolute atomic E-state index is 10.9. The van der Waals surface area contributed by atoms with Gasteiger partial charge in [0, 0.05) is 24.8 Å². The van der Waals surface area contributed by atoms with E-state index in [1.807, 2.05) is 72.8 Å². The molecule has 54 heavy (non-hydrogen) atoms. The second-order valence-electron chi connectivity index (χ2n) is 10.5. The average Bonchev–Trinajstić information content (AvgIpc) is 3.23. The van der Waals surface area contributed by atoms with Gasteiger partial charge < -0.3 is 20.4 Å². The first-order valence-corrected chi connectivity index (χ1v) is 18.2. The highest BCUT2D eigenvalue weighted by atomic mass is 79.9. The number of aromatic nitrogens is 6. The van der Waals surface area contributed by atoms with Crippen LogP contribution in [0.3, 0.4) is 0 Å². The van der Waals surface area contributed by atoms with E-state index in [1.165, 1.54) is 0 Å². The molecule has 270 valence electrons. The van der Waals surface area contributed by atoms with Crippen LogP contribution in [0.15, 0.2) is 139 Å². The van der Waals surface area contributed by atoms with Gasteiger partial charge in [0.1, 0.15) is 31.7 Å². The van der Waals surface area contributed by atoms with Crippen LogP contribution in [0.2, 0.25) is 0 Å². The normalized spacial score (nSPS) is 14.4. The van der Waals surface area contributed by atoms with Crippen LogP contribution in [0.1, 0.15) is 0 Å². The first-order chi connectivity index (χ1) is 25.8. The molecule has 2 aliphatic carbocycles. The Morgan fingerprint density at radius 1 is 0.426 bits per heavy atom. The molecular formula is C36H20Br4N6O8. The summed E-state index contributed by atoms with van der Waals surface area (Å²) < 4.78 is -1.65. The van der Waals surface area contributed by atoms with Gasteiger partial charge in [0.25, 0.3) is 0 Å². The van der Waals surface area contributed by atoms with E-state index in [-0.39, 0.29) is 8.96 Å². The van der Waals surface area contributed by atoms with Crippen molar-refractivity contribution in [1.82, 2.24) is 19.9 Å². The van der Waals surface area contributed by atoms with Gasteiger partial charge in [0.2, 0.25) is 11.6 Å². The molecule has 0 bridgehead atoms. The van der Waals surface area contributed by atoms with Crippen molar-refractivity contribution in [2.24, 2.45) is 0 Å². The summed E-state index contributed by atoms with van der Waals surface area (Å²) in [5.41, 5.74) is 6.53. The summed E-state index contributed by atoms with van der Waals surface area (Å²) >= 11 is 10.5. The van der Waals surface area contributed by atoms with Crippen molar-refractivity contribution in [3.63, 3.8) is 0 Å². The van der Waals surface area contributed by atoms with Crippen molar-refractivity contribution in [2.45, 2.75) is 0 Å². The molecule has 18 heteroatoms. The molecule has 5 aromatic rings. The van der Waals surface area contributed by atoms with E-state index in [4.69, 9.17) is 10.2 Å². The predicted molar refractivity (Wildman–Crippen MR) is 202 cm³/mol. The Balaban J connectivity index is 0.000000192. The van der Waals surface area contributed by atoms with Crippen LogP contribution in [-0.2, 0) is 19.2 Å². The van der Waals surface area contributed by atoms with Gasteiger partial charge in [-0.15, -0.1) is 0 Å². The first kappa shape index (κ1) is 39.6. The Hall–Kier alpha value is -5.56. The maximum atomic E-state index is 10.9. The fourth-order valence-electron chi connectivity index (χ4n) is 4.54. The number of nitrogens with zero attached hydrogens (tertiary/aromatic N) is 4. The largest absolute Gasteiger partial charge is 0.869 e. The fourth-order valence-corrected chi connectivity index (χ4v) is 5.99. The molecule has 5 aromatic heterocycles. The minimum atomic E-state index is -0.954. The molecule has 0 saturated carbocycles. The zero-order valence-corrected chi connectivity index (χ0v) is 33.2. The number of carbonyl (C=O) groups excluding carboxylic acids is 4. The number of allylic oxidation sites excluding steroid dienone is 4. The number of halogens is 4. The summed E-state index contributed by atoms with van der Waals surface area (Å²) in [6, 6.07) is 23.3. The van der Waals surface area contributed by atoms with Crippen LogP contribution in [0.25, 0.3) is 45.6 Å². The van der Waals surface area contributed by atoms with Crippen molar-refractivity contribution in [3.8, 4) is 45.6 Å². The number of nitrogens with one attached hydrogen (secondary N) is 2. The third kappa shape index (κ3) is 8.46. The lowest BCUT2D eigenvalue weighted by Crippen LogP contribution is -2.26. The highest BCUT2D eigenvalue weighted by Crippen LogP contribution is 2.30. The van der Waals surface area contributed by atoms with E-state index in [2.05, 4.69) is 93.6 Å². The molecule has 0 fully saturated rings. The minimum absolute atomic E-state index is 0.388. The Labute approximate surface area is 338 Å². The second kappa shape index (κ2) is 17.5. The van der Waals surface area contributed by atoms with Crippen LogP contribution in [0, 0.1) is 0 Å². The average molecular weight is 984 g/mol. The number of hydrogen-bond acceptors (Lipinski definition) is 12. The van der Waals surface area contributed by atoms with E-state index in [0.29, 0.717) is 0 Å². The van der Waals surface area contributed by atoms with E-state index in [0.717, 1.165) is 45.6 Å². The van der Waals surface area contributed by atoms with Crippen molar-refractivity contribution < 1.29 is 49.6 Å². The predicted octanol–water partition coefficient (Wildman–Crippen LogP) is 4.10. The van der Waals surface area contributed by atoms with Gasteiger partial charge in [-0.2, -0.15) is 9.97 Å². The number of rotatable bonds is 4. The summed E-state index contributed by atoms with van der Waals surface area (Å²) in [6.07, 6.45) is 7.11. The van der Waals surface area contributed by atoms with Gasteiger partial charge in [-0.25, -0.2) is 19.9 Å². The molecule has 0 radical (unpaired) electrons. The number of aliphatic hydroxyl groups excluding tert-OH is 2. The smallest absolute Gasteiger partial charge is 0.304 e. The van der Waals surface area contributed by atoms with E-state index in [1.54, 1.807) is 24.8 Å². The van der Waals surface area contributed by atoms with Crippen LogP contribution >= 0.6 is 63.7 Å². The van der Waals surface area contributed by atoms with Crippen molar-refractivity contribution >= 4 is 86.9 Å². The fraction of sp³-hybridized carbons (Fsp3) is 0. The number of pyridine rings is 4. The third-order valence-electron chi connectivity index (χ3n) is 7.14. The molecular weight excluding hydrogens is 964 g/mol. The highest BCUT2D eigenvalue weighted by Gasteiger charge is 2.33. The number of Topliss-reactive ketones (excluding diaryl/α,β-unsaturated/α-hetero) is 4. The zero-order chi connectivity index (χ0) is 39.1. The van der Waals surface area contributed by atoms with Gasteiger partial charge in [0.05, 0.1) is 8.96 Å². The molecule has 4 N–H and O–H groups in total. The molecule has 14 nitrogen and oxygen atoms in total. The standard InChI is InChI=1S/C24H16N6.2C6H2Br2O4/c1-5-13-25-17(9-1)21-22(18-10-2-6-14-26-18)30-24(20-12-4-8-16-28-20)23(29-21)19-11-3-7-15-27-19;2*7-1-3(9)5(11)2(8)6(12)4(1)10/h1-16H;2*9,12H. The third-order valence-corrected chi connectivity index (χ3v) is 10.1. The Morgan fingerprint density at radius 3 is 0.907 bits per heavy atom. The summed E-state index contributed by atoms with van der Waals surface area (Å²) in [5.74, 6) is -7.02. The highest BCUT2D eigenvalue weighted by molar-refractivity contribution is 9.12. The van der Waals surface area contributed by atoms with Gasteiger partial charge >= 0.3 is 22.8 Å².